The summed E-state index contributed by atoms with van der Waals surface area (Å²) in [6, 6.07) is 1.18. The molecule has 20 heavy (non-hydrogen) atoms. The van der Waals surface area contributed by atoms with Crippen molar-refractivity contribution in [2.75, 3.05) is 0 Å². The maximum absolute atomic E-state index is 11.8. The summed E-state index contributed by atoms with van der Waals surface area (Å²) < 4.78 is 0. The molecule has 110 valence electrons. The van der Waals surface area contributed by atoms with Crippen molar-refractivity contribution in [3.8, 4) is 0 Å². The van der Waals surface area contributed by atoms with E-state index in [4.69, 9.17) is 5.11 Å². The Hall–Kier alpha value is -2.11. The highest BCUT2D eigenvalue weighted by Crippen LogP contribution is 2.05. The van der Waals surface area contributed by atoms with Gasteiger partial charge in [0.2, 0.25) is 0 Å². The molecule has 1 aromatic rings. The van der Waals surface area contributed by atoms with Crippen LogP contribution in [0.1, 0.15) is 37.3 Å². The van der Waals surface area contributed by atoms with Crippen LogP contribution in [0.15, 0.2) is 18.5 Å². The molecule has 0 aliphatic heterocycles. The zero-order valence-electron chi connectivity index (χ0n) is 11.8. The smallest absolute Gasteiger partial charge is 0.315 e. The lowest BCUT2D eigenvalue weighted by Gasteiger charge is -2.16. The van der Waals surface area contributed by atoms with E-state index in [0.29, 0.717) is 13.0 Å². The number of amides is 2. The number of aromatic nitrogens is 1. The summed E-state index contributed by atoms with van der Waals surface area (Å²) in [5.41, 5.74) is 1.99. The minimum Gasteiger partial charge on any atom is -0.481 e. The van der Waals surface area contributed by atoms with E-state index in [1.807, 2.05) is 19.9 Å². The second-order valence-corrected chi connectivity index (χ2v) is 4.71. The summed E-state index contributed by atoms with van der Waals surface area (Å²) in [7, 11) is 0. The fourth-order valence-corrected chi connectivity index (χ4v) is 1.88. The van der Waals surface area contributed by atoms with Crippen LogP contribution in [-0.2, 0) is 11.3 Å². The van der Waals surface area contributed by atoms with Gasteiger partial charge in [0.25, 0.3) is 0 Å². The van der Waals surface area contributed by atoms with E-state index in [1.165, 1.54) is 0 Å². The van der Waals surface area contributed by atoms with Gasteiger partial charge in [-0.25, -0.2) is 4.79 Å². The molecule has 1 aromatic heterocycles. The third-order valence-electron chi connectivity index (χ3n) is 2.98. The molecular formula is C14H21N3O3. The predicted octanol–water partition coefficient (Wildman–Crippen LogP) is 1.83. The Labute approximate surface area is 118 Å². The van der Waals surface area contributed by atoms with Crippen molar-refractivity contribution >= 4 is 12.0 Å². The highest BCUT2D eigenvalue weighted by atomic mass is 16.4. The SMILES string of the molecule is CCCC(CC(=O)O)NC(=O)NCc1cnccc1C. The quantitative estimate of drug-likeness (QED) is 0.710. The van der Waals surface area contributed by atoms with Crippen molar-refractivity contribution < 1.29 is 14.7 Å². The van der Waals surface area contributed by atoms with Crippen LogP contribution in [0.3, 0.4) is 0 Å². The number of carbonyl (C=O) groups excluding carboxylic acids is 1. The first-order chi connectivity index (χ1) is 9.52. The van der Waals surface area contributed by atoms with Gasteiger partial charge in [0.05, 0.1) is 6.42 Å². The van der Waals surface area contributed by atoms with Gasteiger partial charge in [-0.3, -0.25) is 9.78 Å². The Morgan fingerprint density at radius 2 is 2.20 bits per heavy atom. The number of carboxylic acids is 1. The Bertz CT molecular complexity index is 463. The van der Waals surface area contributed by atoms with Gasteiger partial charge in [-0.15, -0.1) is 0 Å². The van der Waals surface area contributed by atoms with Gasteiger partial charge in [0.1, 0.15) is 0 Å². The maximum Gasteiger partial charge on any atom is 0.315 e. The van der Waals surface area contributed by atoms with E-state index in [1.54, 1.807) is 12.4 Å². The second kappa shape index (κ2) is 8.14. The molecule has 6 heteroatoms. The molecule has 2 amide bonds. The lowest BCUT2D eigenvalue weighted by molar-refractivity contribution is -0.137. The first kappa shape index (κ1) is 15.9. The highest BCUT2D eigenvalue weighted by molar-refractivity contribution is 5.75. The van der Waals surface area contributed by atoms with E-state index in [9.17, 15) is 9.59 Å². The number of hydrogen-bond donors (Lipinski definition) is 3. The number of rotatable bonds is 7. The minimum atomic E-state index is -0.910. The Kier molecular flexibility index (Phi) is 6.49. The molecule has 0 saturated carbocycles. The first-order valence-corrected chi connectivity index (χ1v) is 6.68. The van der Waals surface area contributed by atoms with Crippen molar-refractivity contribution in [3.05, 3.63) is 29.6 Å². The average Bonchev–Trinajstić information content (AvgIpc) is 2.37. The number of aliphatic carboxylic acids is 1. The van der Waals surface area contributed by atoms with Crippen LogP contribution < -0.4 is 10.6 Å². The summed E-state index contributed by atoms with van der Waals surface area (Å²) >= 11 is 0. The molecule has 1 atom stereocenters. The van der Waals surface area contributed by atoms with Gasteiger partial charge >= 0.3 is 12.0 Å². The molecule has 3 N–H and O–H groups in total. The van der Waals surface area contributed by atoms with Crippen molar-refractivity contribution in [1.82, 2.24) is 15.6 Å². The van der Waals surface area contributed by atoms with Crippen molar-refractivity contribution in [3.63, 3.8) is 0 Å². The number of aryl methyl sites for hydroxylation is 1. The van der Waals surface area contributed by atoms with E-state index in [2.05, 4.69) is 15.6 Å². The van der Waals surface area contributed by atoms with Crippen molar-refractivity contribution in [1.29, 1.82) is 0 Å². The largest absolute Gasteiger partial charge is 0.481 e. The summed E-state index contributed by atoms with van der Waals surface area (Å²) in [6.45, 7) is 4.27. The molecule has 1 rings (SSSR count). The molecule has 0 saturated heterocycles. The number of carboxylic acid groups (broad SMARTS) is 1. The number of nitrogens with one attached hydrogen (secondary N) is 2. The molecule has 0 fully saturated rings. The molecule has 0 aromatic carbocycles. The third-order valence-corrected chi connectivity index (χ3v) is 2.98. The maximum atomic E-state index is 11.8. The molecule has 0 spiro atoms. The number of carbonyl (C=O) groups is 2. The van der Waals surface area contributed by atoms with E-state index >= 15 is 0 Å². The van der Waals surface area contributed by atoms with E-state index < -0.39 is 5.97 Å². The van der Waals surface area contributed by atoms with E-state index in [-0.39, 0.29) is 18.5 Å². The molecule has 0 bridgehead atoms. The summed E-state index contributed by atoms with van der Waals surface area (Å²) in [5, 5.41) is 14.2. The number of pyridine rings is 1. The standard InChI is InChI=1S/C14H21N3O3/c1-3-4-12(7-13(18)19)17-14(20)16-9-11-8-15-6-5-10(11)2/h5-6,8,12H,3-4,7,9H2,1-2H3,(H,18,19)(H2,16,17,20). The second-order valence-electron chi connectivity index (χ2n) is 4.71. The monoisotopic (exact) mass is 279 g/mol. The Balaban J connectivity index is 2.45. The Morgan fingerprint density at radius 1 is 1.45 bits per heavy atom. The molecule has 6 nitrogen and oxygen atoms in total. The van der Waals surface area contributed by atoms with Crippen LogP contribution >= 0.6 is 0 Å². The minimum absolute atomic E-state index is 0.0623. The number of urea groups is 1. The fourth-order valence-electron chi connectivity index (χ4n) is 1.88. The lowest BCUT2D eigenvalue weighted by atomic mass is 10.1. The summed E-state index contributed by atoms with van der Waals surface area (Å²) in [6.07, 6.45) is 4.80. The third kappa shape index (κ3) is 5.69. The summed E-state index contributed by atoms with van der Waals surface area (Å²) in [5.74, 6) is -0.910. The van der Waals surface area contributed by atoms with Crippen molar-refractivity contribution in [2.45, 2.75) is 45.7 Å². The predicted molar refractivity (Wildman–Crippen MR) is 75.3 cm³/mol. The van der Waals surface area contributed by atoms with Crippen LogP contribution in [0.2, 0.25) is 0 Å². The van der Waals surface area contributed by atoms with Gasteiger partial charge in [-0.05, 0) is 30.5 Å². The van der Waals surface area contributed by atoms with Crippen LogP contribution in [0, 0.1) is 6.92 Å². The van der Waals surface area contributed by atoms with Gasteiger partial charge in [-0.1, -0.05) is 13.3 Å². The lowest BCUT2D eigenvalue weighted by Crippen LogP contribution is -2.42. The topological polar surface area (TPSA) is 91.3 Å². The zero-order valence-corrected chi connectivity index (χ0v) is 11.8. The first-order valence-electron chi connectivity index (χ1n) is 6.68. The molecule has 0 radical (unpaired) electrons. The van der Waals surface area contributed by atoms with Gasteiger partial charge in [0.15, 0.2) is 0 Å². The molecule has 1 heterocycles. The van der Waals surface area contributed by atoms with Gasteiger partial charge < -0.3 is 15.7 Å². The van der Waals surface area contributed by atoms with Crippen molar-refractivity contribution in [2.24, 2.45) is 0 Å². The normalized spacial score (nSPS) is 11.7. The highest BCUT2D eigenvalue weighted by Gasteiger charge is 2.14. The van der Waals surface area contributed by atoms with Crippen LogP contribution in [-0.4, -0.2) is 28.1 Å². The fraction of sp³-hybridized carbons (Fsp3) is 0.500. The van der Waals surface area contributed by atoms with Crippen LogP contribution in [0.4, 0.5) is 4.79 Å². The Morgan fingerprint density at radius 3 is 2.80 bits per heavy atom. The van der Waals surface area contributed by atoms with Gasteiger partial charge in [-0.2, -0.15) is 0 Å². The molecule has 1 unspecified atom stereocenters. The number of hydrogen-bond acceptors (Lipinski definition) is 3. The van der Waals surface area contributed by atoms with Crippen LogP contribution in [0.5, 0.6) is 0 Å². The molecule has 0 aliphatic rings. The zero-order chi connectivity index (χ0) is 15.0. The molecule has 0 aliphatic carbocycles. The average molecular weight is 279 g/mol. The van der Waals surface area contributed by atoms with Crippen LogP contribution in [0.25, 0.3) is 0 Å². The van der Waals surface area contributed by atoms with E-state index in [0.717, 1.165) is 17.5 Å². The summed E-state index contributed by atoms with van der Waals surface area (Å²) in [4.78, 5) is 26.5. The number of nitrogens with zero attached hydrogens (tertiary/aromatic N) is 1. The van der Waals surface area contributed by atoms with Gasteiger partial charge in [0, 0.05) is 25.0 Å². The molecular weight excluding hydrogens is 258 g/mol.